The lowest BCUT2D eigenvalue weighted by Gasteiger charge is -2.22. The van der Waals surface area contributed by atoms with Gasteiger partial charge in [-0.1, -0.05) is 55.4 Å². The molecule has 27 heavy (non-hydrogen) atoms. The lowest BCUT2D eigenvalue weighted by Crippen LogP contribution is -2.26. The van der Waals surface area contributed by atoms with E-state index in [4.69, 9.17) is 4.98 Å². The molecule has 1 saturated carbocycles. The van der Waals surface area contributed by atoms with Gasteiger partial charge in [0.05, 0.1) is 21.8 Å². The number of aromatic nitrogens is 2. The molecule has 1 heterocycles. The van der Waals surface area contributed by atoms with Crippen LogP contribution in [0.2, 0.25) is 0 Å². The molecule has 5 heteroatoms. The average Bonchev–Trinajstić information content (AvgIpc) is 2.70. The summed E-state index contributed by atoms with van der Waals surface area (Å²) >= 11 is 1.44. The molecule has 0 unspecified atom stereocenters. The van der Waals surface area contributed by atoms with Crippen molar-refractivity contribution in [1.82, 2.24) is 9.55 Å². The zero-order valence-electron chi connectivity index (χ0n) is 15.4. The van der Waals surface area contributed by atoms with Crippen LogP contribution in [-0.4, -0.2) is 20.6 Å². The van der Waals surface area contributed by atoms with Crippen LogP contribution in [0, 0.1) is 0 Å². The fourth-order valence-electron chi connectivity index (χ4n) is 3.63. The number of thioether (sulfide) groups is 1. The van der Waals surface area contributed by atoms with E-state index in [-0.39, 0.29) is 16.6 Å². The van der Waals surface area contributed by atoms with Gasteiger partial charge in [-0.15, -0.1) is 0 Å². The second-order valence-corrected chi connectivity index (χ2v) is 8.02. The topological polar surface area (TPSA) is 52.0 Å². The van der Waals surface area contributed by atoms with Crippen LogP contribution in [-0.2, 0) is 11.2 Å². The highest BCUT2D eigenvalue weighted by molar-refractivity contribution is 8.00. The van der Waals surface area contributed by atoms with Gasteiger partial charge in [0.15, 0.2) is 5.16 Å². The summed E-state index contributed by atoms with van der Waals surface area (Å²) in [5.74, 6) is 0.268. The van der Waals surface area contributed by atoms with Crippen LogP contribution < -0.4 is 5.56 Å². The third-order valence-corrected chi connectivity index (χ3v) is 6.37. The van der Waals surface area contributed by atoms with Gasteiger partial charge in [-0.05, 0) is 43.0 Å². The summed E-state index contributed by atoms with van der Waals surface area (Å²) in [7, 11) is 0. The van der Waals surface area contributed by atoms with Gasteiger partial charge in [0.1, 0.15) is 5.78 Å². The summed E-state index contributed by atoms with van der Waals surface area (Å²) < 4.78 is 1.70. The third kappa shape index (κ3) is 3.44. The van der Waals surface area contributed by atoms with Crippen LogP contribution in [0.1, 0.15) is 38.2 Å². The minimum Gasteiger partial charge on any atom is -0.298 e. The summed E-state index contributed by atoms with van der Waals surface area (Å²) in [4.78, 5) is 30.5. The molecule has 1 atom stereocenters. The molecule has 4 nitrogen and oxygen atoms in total. The zero-order chi connectivity index (χ0) is 18.8. The molecule has 0 saturated heterocycles. The van der Waals surface area contributed by atoms with E-state index < -0.39 is 0 Å². The molecular formula is C22H22N2O2S. The molecule has 0 bridgehead atoms. The number of ketones is 1. The van der Waals surface area contributed by atoms with Crippen molar-refractivity contribution in [3.05, 3.63) is 64.4 Å². The van der Waals surface area contributed by atoms with E-state index in [1.54, 1.807) is 4.57 Å². The first-order chi connectivity index (χ1) is 13.2. The van der Waals surface area contributed by atoms with Crippen LogP contribution in [0.5, 0.6) is 0 Å². The Labute approximate surface area is 162 Å². The first-order valence-electron chi connectivity index (χ1n) is 9.48. The molecule has 4 rings (SSSR count). The Morgan fingerprint density at radius 3 is 2.67 bits per heavy atom. The number of carbonyl (C=O) groups is 1. The van der Waals surface area contributed by atoms with Crippen molar-refractivity contribution >= 4 is 28.4 Å². The van der Waals surface area contributed by atoms with E-state index >= 15 is 0 Å². The number of para-hydroxylation sites is 2. The molecule has 0 aliphatic heterocycles. The summed E-state index contributed by atoms with van der Waals surface area (Å²) in [6.45, 7) is 2.08. The van der Waals surface area contributed by atoms with Crippen LogP contribution in [0.15, 0.2) is 58.5 Å². The van der Waals surface area contributed by atoms with Gasteiger partial charge in [-0.3, -0.25) is 14.2 Å². The first kappa shape index (κ1) is 18.0. The number of nitrogens with zero attached hydrogens (tertiary/aromatic N) is 2. The molecule has 0 spiro atoms. The van der Waals surface area contributed by atoms with Gasteiger partial charge in [0.2, 0.25) is 0 Å². The second kappa shape index (κ2) is 7.69. The highest BCUT2D eigenvalue weighted by Crippen LogP contribution is 2.32. The second-order valence-electron chi connectivity index (χ2n) is 6.85. The van der Waals surface area contributed by atoms with E-state index in [2.05, 4.69) is 6.92 Å². The summed E-state index contributed by atoms with van der Waals surface area (Å²) in [6, 6.07) is 15.4. The lowest BCUT2D eigenvalue weighted by atomic mass is 9.99. The molecule has 1 aromatic heterocycles. The summed E-state index contributed by atoms with van der Waals surface area (Å²) in [6.07, 6.45) is 4.31. The largest absolute Gasteiger partial charge is 0.298 e. The Morgan fingerprint density at radius 2 is 1.85 bits per heavy atom. The maximum Gasteiger partial charge on any atom is 0.266 e. The molecule has 2 aromatic carbocycles. The van der Waals surface area contributed by atoms with Crippen molar-refractivity contribution in [3.63, 3.8) is 0 Å². The minimum atomic E-state index is -0.119. The van der Waals surface area contributed by atoms with E-state index in [0.29, 0.717) is 22.5 Å². The van der Waals surface area contributed by atoms with Crippen LogP contribution >= 0.6 is 11.8 Å². The molecular weight excluding hydrogens is 356 g/mol. The normalized spacial score (nSPS) is 17.4. The predicted molar refractivity (Wildman–Crippen MR) is 110 cm³/mol. The van der Waals surface area contributed by atoms with Crippen LogP contribution in [0.3, 0.4) is 0 Å². The average molecular weight is 378 g/mol. The Kier molecular flexibility index (Phi) is 5.12. The van der Waals surface area contributed by atoms with Gasteiger partial charge < -0.3 is 0 Å². The number of aryl methyl sites for hydroxylation is 1. The molecule has 138 valence electrons. The van der Waals surface area contributed by atoms with Gasteiger partial charge in [-0.25, -0.2) is 4.98 Å². The standard InChI is InChI=1S/C22H22N2O2S/c1-2-15-9-3-6-12-18(15)24-21(26)16-10-4-5-11-17(16)23-22(24)27-20-14-8-7-13-19(20)25/h3-6,9-12,20H,2,7-8,13-14H2,1H3/t20-/m1/s1. The lowest BCUT2D eigenvalue weighted by molar-refractivity contribution is -0.119. The molecule has 0 N–H and O–H groups in total. The van der Waals surface area contributed by atoms with E-state index in [9.17, 15) is 9.59 Å². The number of hydrogen-bond donors (Lipinski definition) is 0. The summed E-state index contributed by atoms with van der Waals surface area (Å²) in [5.41, 5.74) is 2.55. The maximum absolute atomic E-state index is 13.4. The van der Waals surface area contributed by atoms with Crippen molar-refractivity contribution in [2.24, 2.45) is 0 Å². The number of benzene rings is 2. The van der Waals surface area contributed by atoms with Gasteiger partial charge in [-0.2, -0.15) is 0 Å². The van der Waals surface area contributed by atoms with E-state index in [1.807, 2.05) is 48.5 Å². The highest BCUT2D eigenvalue weighted by Gasteiger charge is 2.26. The molecule has 1 aliphatic carbocycles. The van der Waals surface area contributed by atoms with Crippen molar-refractivity contribution in [2.75, 3.05) is 0 Å². The zero-order valence-corrected chi connectivity index (χ0v) is 16.2. The monoisotopic (exact) mass is 378 g/mol. The first-order valence-corrected chi connectivity index (χ1v) is 10.4. The van der Waals surface area contributed by atoms with Crippen molar-refractivity contribution in [1.29, 1.82) is 0 Å². The molecule has 0 amide bonds. The van der Waals surface area contributed by atoms with Gasteiger partial charge >= 0.3 is 0 Å². The number of Topliss-reactive ketones (excluding diaryl/α,β-unsaturated/α-hetero) is 1. The Bertz CT molecular complexity index is 1060. The van der Waals surface area contributed by atoms with Crippen molar-refractivity contribution < 1.29 is 4.79 Å². The fourth-order valence-corrected chi connectivity index (χ4v) is 4.86. The SMILES string of the molecule is CCc1ccccc1-n1c(S[C@@H]2CCCCC2=O)nc2ccccc2c1=O. The number of hydrogen-bond acceptors (Lipinski definition) is 4. The minimum absolute atomic E-state index is 0.0766. The maximum atomic E-state index is 13.4. The molecule has 3 aromatic rings. The molecule has 0 radical (unpaired) electrons. The number of fused-ring (bicyclic) bond motifs is 1. The Hall–Kier alpha value is -2.40. The number of rotatable bonds is 4. The van der Waals surface area contributed by atoms with Gasteiger partial charge in [0, 0.05) is 6.42 Å². The third-order valence-electron chi connectivity index (χ3n) is 5.10. The van der Waals surface area contributed by atoms with Crippen LogP contribution in [0.25, 0.3) is 16.6 Å². The molecule has 1 aliphatic rings. The Morgan fingerprint density at radius 1 is 1.07 bits per heavy atom. The van der Waals surface area contributed by atoms with Crippen molar-refractivity contribution in [3.8, 4) is 5.69 Å². The fraction of sp³-hybridized carbons (Fsp3) is 0.318. The van der Waals surface area contributed by atoms with E-state index in [0.717, 1.165) is 36.9 Å². The van der Waals surface area contributed by atoms with E-state index in [1.165, 1.54) is 11.8 Å². The van der Waals surface area contributed by atoms with Crippen molar-refractivity contribution in [2.45, 2.75) is 49.4 Å². The predicted octanol–water partition coefficient (Wildman–Crippen LogP) is 4.55. The van der Waals surface area contributed by atoms with Gasteiger partial charge in [0.25, 0.3) is 5.56 Å². The summed E-state index contributed by atoms with van der Waals surface area (Å²) in [5, 5.41) is 1.09. The van der Waals surface area contributed by atoms with Crippen LogP contribution in [0.4, 0.5) is 0 Å². The highest BCUT2D eigenvalue weighted by atomic mass is 32.2. The smallest absolute Gasteiger partial charge is 0.266 e. The quantitative estimate of drug-likeness (QED) is 0.625. The number of carbonyl (C=O) groups excluding carboxylic acids is 1. The molecule has 1 fully saturated rings. The Balaban J connectivity index is 1.93.